The molecule has 2 heterocycles. The van der Waals surface area contributed by atoms with Crippen LogP contribution in [0.4, 0.5) is 4.39 Å². The van der Waals surface area contributed by atoms with Crippen molar-refractivity contribution in [2.75, 3.05) is 19.0 Å². The Kier molecular flexibility index (Phi) is 4.86. The molecule has 7 heteroatoms. The number of nitrogens with one attached hydrogen (secondary N) is 1. The Bertz CT molecular complexity index is 877. The number of halogens is 2. The van der Waals surface area contributed by atoms with Crippen LogP contribution in [-0.4, -0.2) is 30.0 Å². The number of rotatable bonds is 2. The van der Waals surface area contributed by atoms with Crippen LogP contribution in [0.1, 0.15) is 15.9 Å². The molecule has 4 rings (SSSR count). The maximum Gasteiger partial charge on any atom is 0.257 e. The number of aliphatic imine (C=N–C) groups is 1. The zero-order valence-electron chi connectivity index (χ0n) is 13.7. The van der Waals surface area contributed by atoms with Crippen molar-refractivity contribution >= 4 is 38.8 Å². The molecule has 0 bridgehead atoms. The summed E-state index contributed by atoms with van der Waals surface area (Å²) in [5.74, 6) is 0.237. The first-order valence-electron chi connectivity index (χ1n) is 8.21. The highest BCUT2D eigenvalue weighted by molar-refractivity contribution is 9.10. The van der Waals surface area contributed by atoms with Gasteiger partial charge in [0, 0.05) is 27.3 Å². The quantitative estimate of drug-likeness (QED) is 0.777. The number of thioether (sulfide) groups is 1. The first-order valence-corrected chi connectivity index (χ1v) is 9.99. The van der Waals surface area contributed by atoms with Crippen LogP contribution < -0.4 is 5.32 Å². The summed E-state index contributed by atoms with van der Waals surface area (Å²) in [6.45, 7) is 0.832. The van der Waals surface area contributed by atoms with Crippen molar-refractivity contribution in [3.8, 4) is 0 Å². The van der Waals surface area contributed by atoms with Crippen LogP contribution in [0.25, 0.3) is 0 Å². The molecule has 0 unspecified atom stereocenters. The molecule has 1 N–H and O–H groups in total. The van der Waals surface area contributed by atoms with Crippen molar-refractivity contribution < 1.29 is 13.9 Å². The normalized spacial score (nSPS) is 24.7. The van der Waals surface area contributed by atoms with Crippen molar-refractivity contribution in [1.82, 2.24) is 5.32 Å². The summed E-state index contributed by atoms with van der Waals surface area (Å²) in [4.78, 5) is 17.2. The summed E-state index contributed by atoms with van der Waals surface area (Å²) in [7, 11) is 0. The standard InChI is InChI=1S/C19H16BrFN2O2S/c20-14-6-7-16(21)15(8-14)19-11-25-9-13(19)10-26-18(23-19)22-17(24)12-4-2-1-3-5-12/h1-8,13H,9-11H2,(H,22,23,24)/t13-,19-/m0/s1. The molecule has 2 aliphatic rings. The van der Waals surface area contributed by atoms with Gasteiger partial charge in [0.15, 0.2) is 5.17 Å². The van der Waals surface area contributed by atoms with Gasteiger partial charge in [-0.1, -0.05) is 45.9 Å². The number of ether oxygens (including phenoxy) is 1. The van der Waals surface area contributed by atoms with Gasteiger partial charge in [0.2, 0.25) is 0 Å². The number of nitrogens with zero attached hydrogens (tertiary/aromatic N) is 1. The van der Waals surface area contributed by atoms with E-state index in [0.29, 0.717) is 35.3 Å². The minimum Gasteiger partial charge on any atom is -0.378 e. The summed E-state index contributed by atoms with van der Waals surface area (Å²) >= 11 is 4.88. The summed E-state index contributed by atoms with van der Waals surface area (Å²) in [5, 5.41) is 3.36. The average Bonchev–Trinajstić information content (AvgIpc) is 3.08. The Hall–Kier alpha value is -1.70. The minimum atomic E-state index is -0.807. The largest absolute Gasteiger partial charge is 0.378 e. The molecule has 1 amide bonds. The first-order chi connectivity index (χ1) is 12.6. The number of amidine groups is 1. The zero-order valence-corrected chi connectivity index (χ0v) is 16.1. The fourth-order valence-electron chi connectivity index (χ4n) is 3.33. The SMILES string of the molecule is O=C(NC1=N[C@@]2(c3cc(Br)ccc3F)COC[C@H]2CS1)c1ccccc1. The van der Waals surface area contributed by atoms with Crippen LogP contribution in [0, 0.1) is 11.7 Å². The zero-order chi connectivity index (χ0) is 18.1. The van der Waals surface area contributed by atoms with Gasteiger partial charge in [-0.3, -0.25) is 4.79 Å². The number of hydrogen-bond donors (Lipinski definition) is 1. The second-order valence-corrected chi connectivity index (χ2v) is 8.23. The van der Waals surface area contributed by atoms with E-state index in [4.69, 9.17) is 9.73 Å². The van der Waals surface area contributed by atoms with Crippen molar-refractivity contribution in [1.29, 1.82) is 0 Å². The smallest absolute Gasteiger partial charge is 0.257 e. The number of amides is 1. The molecule has 26 heavy (non-hydrogen) atoms. The molecule has 2 aliphatic heterocycles. The Labute approximate surface area is 163 Å². The van der Waals surface area contributed by atoms with Gasteiger partial charge in [0.05, 0.1) is 13.2 Å². The van der Waals surface area contributed by atoms with Crippen LogP contribution in [0.2, 0.25) is 0 Å². The van der Waals surface area contributed by atoms with Crippen LogP contribution in [0.5, 0.6) is 0 Å². The van der Waals surface area contributed by atoms with Crippen molar-refractivity contribution in [2.45, 2.75) is 5.54 Å². The Balaban J connectivity index is 1.69. The number of hydrogen-bond acceptors (Lipinski definition) is 4. The van der Waals surface area contributed by atoms with E-state index >= 15 is 0 Å². The topological polar surface area (TPSA) is 50.7 Å². The lowest BCUT2D eigenvalue weighted by molar-refractivity contribution is 0.0977. The molecule has 2 aromatic carbocycles. The highest BCUT2D eigenvalue weighted by Gasteiger charge is 2.49. The minimum absolute atomic E-state index is 0.0636. The molecule has 1 saturated heterocycles. The molecule has 0 aliphatic carbocycles. The number of carbonyl (C=O) groups excluding carboxylic acids is 1. The van der Waals surface area contributed by atoms with E-state index in [0.717, 1.165) is 4.47 Å². The van der Waals surface area contributed by atoms with Gasteiger partial charge in [-0.2, -0.15) is 0 Å². The third-order valence-electron chi connectivity index (χ3n) is 4.69. The van der Waals surface area contributed by atoms with Gasteiger partial charge in [0.25, 0.3) is 5.91 Å². The second kappa shape index (κ2) is 7.13. The fourth-order valence-corrected chi connectivity index (χ4v) is 4.81. The van der Waals surface area contributed by atoms with Gasteiger partial charge >= 0.3 is 0 Å². The first kappa shape index (κ1) is 17.7. The maximum atomic E-state index is 14.6. The summed E-state index contributed by atoms with van der Waals surface area (Å²) < 4.78 is 21.1. The maximum absolute atomic E-state index is 14.6. The molecule has 0 saturated carbocycles. The van der Waals surface area contributed by atoms with E-state index in [-0.39, 0.29) is 17.6 Å². The van der Waals surface area contributed by atoms with E-state index in [1.165, 1.54) is 17.8 Å². The highest BCUT2D eigenvalue weighted by atomic mass is 79.9. The van der Waals surface area contributed by atoms with Crippen molar-refractivity contribution in [2.24, 2.45) is 10.9 Å². The number of fused-ring (bicyclic) bond motifs is 1. The van der Waals surface area contributed by atoms with Gasteiger partial charge in [-0.15, -0.1) is 0 Å². The lowest BCUT2D eigenvalue weighted by Crippen LogP contribution is -2.42. The van der Waals surface area contributed by atoms with Crippen LogP contribution in [0.3, 0.4) is 0 Å². The van der Waals surface area contributed by atoms with Crippen molar-refractivity contribution in [3.05, 3.63) is 69.9 Å². The van der Waals surface area contributed by atoms with Crippen LogP contribution >= 0.6 is 27.7 Å². The van der Waals surface area contributed by atoms with E-state index < -0.39 is 5.54 Å². The second-order valence-electron chi connectivity index (χ2n) is 6.31. The van der Waals surface area contributed by atoms with Crippen LogP contribution in [-0.2, 0) is 10.3 Å². The molecule has 0 aromatic heterocycles. The molecule has 134 valence electrons. The molecule has 0 radical (unpaired) electrons. The van der Waals surface area contributed by atoms with E-state index in [2.05, 4.69) is 21.2 Å². The van der Waals surface area contributed by atoms with E-state index in [1.54, 1.807) is 24.3 Å². The summed E-state index contributed by atoms with van der Waals surface area (Å²) in [6, 6.07) is 13.8. The predicted molar refractivity (Wildman–Crippen MR) is 104 cm³/mol. The van der Waals surface area contributed by atoms with Gasteiger partial charge < -0.3 is 10.1 Å². The predicted octanol–water partition coefficient (Wildman–Crippen LogP) is 3.96. The lowest BCUT2D eigenvalue weighted by Gasteiger charge is -2.35. The highest BCUT2D eigenvalue weighted by Crippen LogP contribution is 2.45. The van der Waals surface area contributed by atoms with E-state index in [9.17, 15) is 9.18 Å². The van der Waals surface area contributed by atoms with Crippen LogP contribution in [0.15, 0.2) is 58.0 Å². The lowest BCUT2D eigenvalue weighted by atomic mass is 9.81. The van der Waals surface area contributed by atoms with Crippen molar-refractivity contribution in [3.63, 3.8) is 0 Å². The molecule has 1 fully saturated rings. The molecule has 0 spiro atoms. The average molecular weight is 435 g/mol. The van der Waals surface area contributed by atoms with Gasteiger partial charge in [-0.05, 0) is 30.3 Å². The molecule has 2 aromatic rings. The molecule has 2 atom stereocenters. The Morgan fingerprint density at radius 2 is 2.12 bits per heavy atom. The molecule has 4 nitrogen and oxygen atoms in total. The monoisotopic (exact) mass is 434 g/mol. The third kappa shape index (κ3) is 3.19. The third-order valence-corrected chi connectivity index (χ3v) is 6.22. The number of carbonyl (C=O) groups is 1. The summed E-state index contributed by atoms with van der Waals surface area (Å²) in [6.07, 6.45) is 0. The van der Waals surface area contributed by atoms with E-state index in [1.807, 2.05) is 18.2 Å². The Morgan fingerprint density at radius 3 is 2.92 bits per heavy atom. The molecular formula is C19H16BrFN2O2S. The van der Waals surface area contributed by atoms with Gasteiger partial charge in [-0.25, -0.2) is 9.38 Å². The number of benzene rings is 2. The Morgan fingerprint density at radius 1 is 1.31 bits per heavy atom. The van der Waals surface area contributed by atoms with Gasteiger partial charge in [0.1, 0.15) is 11.4 Å². The molecular weight excluding hydrogens is 419 g/mol. The fraction of sp³-hybridized carbons (Fsp3) is 0.263. The summed E-state index contributed by atoms with van der Waals surface area (Å²) in [5.41, 5.74) is 0.253.